The first-order valence-electron chi connectivity index (χ1n) is 5.61. The molecule has 4 saturated carbocycles. The zero-order valence-corrected chi connectivity index (χ0v) is 8.08. The summed E-state index contributed by atoms with van der Waals surface area (Å²) in [4.78, 5) is 0. The average molecular weight is 181 g/mol. The van der Waals surface area contributed by atoms with E-state index in [0.29, 0.717) is 17.3 Å². The second kappa shape index (κ2) is 2.48. The highest BCUT2D eigenvalue weighted by atomic mass is 16.3. The molecule has 4 bridgehead atoms. The molecule has 0 radical (unpaired) electrons. The number of hydrogen-bond acceptors (Lipinski definition) is 2. The summed E-state index contributed by atoms with van der Waals surface area (Å²) >= 11 is 0. The molecule has 74 valence electrons. The van der Waals surface area contributed by atoms with Crippen molar-refractivity contribution in [1.82, 2.24) is 0 Å². The lowest BCUT2D eigenvalue weighted by Crippen LogP contribution is -2.55. The van der Waals surface area contributed by atoms with Gasteiger partial charge in [0.25, 0.3) is 0 Å². The normalized spacial score (nSPS) is 58.6. The van der Waals surface area contributed by atoms with Gasteiger partial charge in [-0.25, -0.2) is 0 Å². The summed E-state index contributed by atoms with van der Waals surface area (Å²) in [6.45, 7) is 0.850. The molecular weight excluding hydrogens is 162 g/mol. The van der Waals surface area contributed by atoms with E-state index in [1.165, 1.54) is 32.1 Å². The molecule has 4 aliphatic carbocycles. The van der Waals surface area contributed by atoms with E-state index in [2.05, 4.69) is 0 Å². The van der Waals surface area contributed by atoms with Crippen LogP contribution in [0.25, 0.3) is 0 Å². The molecule has 0 saturated heterocycles. The molecule has 4 rings (SSSR count). The molecule has 0 heterocycles. The zero-order valence-electron chi connectivity index (χ0n) is 8.08. The topological polar surface area (TPSA) is 46.2 Å². The van der Waals surface area contributed by atoms with E-state index in [4.69, 9.17) is 5.73 Å². The Balaban J connectivity index is 1.92. The first-order valence-corrected chi connectivity index (χ1v) is 5.61. The second-order valence-electron chi connectivity index (χ2n) is 5.66. The smallest absolute Gasteiger partial charge is 0.0597 e. The Morgan fingerprint density at radius 3 is 2.31 bits per heavy atom. The van der Waals surface area contributed by atoms with Crippen molar-refractivity contribution in [2.45, 2.75) is 38.2 Å². The second-order valence-corrected chi connectivity index (χ2v) is 5.66. The van der Waals surface area contributed by atoms with Gasteiger partial charge in [0.15, 0.2) is 0 Å². The SMILES string of the molecule is NCC12CC3C[C@H](C1)C(O)[C@H](C3)C2. The van der Waals surface area contributed by atoms with Crippen LogP contribution in [-0.2, 0) is 0 Å². The van der Waals surface area contributed by atoms with Gasteiger partial charge >= 0.3 is 0 Å². The predicted molar refractivity (Wildman–Crippen MR) is 51.0 cm³/mol. The summed E-state index contributed by atoms with van der Waals surface area (Å²) in [7, 11) is 0. The monoisotopic (exact) mass is 181 g/mol. The zero-order chi connectivity index (χ0) is 9.05. The van der Waals surface area contributed by atoms with Crippen LogP contribution in [0, 0.1) is 23.2 Å². The van der Waals surface area contributed by atoms with Crippen LogP contribution in [0.2, 0.25) is 0 Å². The van der Waals surface area contributed by atoms with E-state index in [1.54, 1.807) is 0 Å². The maximum atomic E-state index is 10.00. The fourth-order valence-electron chi connectivity index (χ4n) is 4.42. The Bertz CT molecular complexity index is 212. The highest BCUT2D eigenvalue weighted by Gasteiger charge is 2.54. The van der Waals surface area contributed by atoms with Gasteiger partial charge in [0.05, 0.1) is 6.10 Å². The van der Waals surface area contributed by atoms with Gasteiger partial charge in [0, 0.05) is 0 Å². The van der Waals surface area contributed by atoms with Crippen molar-refractivity contribution < 1.29 is 5.11 Å². The van der Waals surface area contributed by atoms with Crippen LogP contribution in [0.4, 0.5) is 0 Å². The van der Waals surface area contributed by atoms with Gasteiger partial charge in [-0.3, -0.25) is 0 Å². The molecule has 2 nitrogen and oxygen atoms in total. The lowest BCUT2D eigenvalue weighted by atomic mass is 9.48. The number of nitrogens with two attached hydrogens (primary N) is 1. The molecule has 2 atom stereocenters. The minimum Gasteiger partial charge on any atom is -0.393 e. The summed E-state index contributed by atoms with van der Waals surface area (Å²) in [5.41, 5.74) is 6.33. The van der Waals surface area contributed by atoms with Gasteiger partial charge in [-0.15, -0.1) is 0 Å². The Hall–Kier alpha value is -0.0800. The third-order valence-electron chi connectivity index (χ3n) is 4.78. The van der Waals surface area contributed by atoms with E-state index in [9.17, 15) is 5.11 Å². The van der Waals surface area contributed by atoms with Crippen molar-refractivity contribution >= 4 is 0 Å². The summed E-state index contributed by atoms with van der Waals surface area (Å²) in [6, 6.07) is 0. The van der Waals surface area contributed by atoms with Gasteiger partial charge < -0.3 is 10.8 Å². The van der Waals surface area contributed by atoms with E-state index < -0.39 is 0 Å². The molecular formula is C11H19NO. The van der Waals surface area contributed by atoms with Gasteiger partial charge in [-0.1, -0.05) is 0 Å². The molecule has 4 aliphatic rings. The molecule has 0 aromatic heterocycles. The number of aliphatic hydroxyl groups is 1. The average Bonchev–Trinajstić information content (AvgIpc) is 2.13. The third kappa shape index (κ3) is 1.02. The predicted octanol–water partition coefficient (Wildman–Crippen LogP) is 1.13. The molecule has 3 N–H and O–H groups in total. The Kier molecular flexibility index (Phi) is 1.58. The Morgan fingerprint density at radius 1 is 1.15 bits per heavy atom. The Morgan fingerprint density at radius 2 is 1.77 bits per heavy atom. The van der Waals surface area contributed by atoms with Crippen LogP contribution < -0.4 is 5.73 Å². The maximum absolute atomic E-state index is 10.00. The fourth-order valence-corrected chi connectivity index (χ4v) is 4.42. The van der Waals surface area contributed by atoms with Gasteiger partial charge in [0.2, 0.25) is 0 Å². The van der Waals surface area contributed by atoms with Crippen molar-refractivity contribution in [3.05, 3.63) is 0 Å². The summed E-state index contributed by atoms with van der Waals surface area (Å²) < 4.78 is 0. The molecule has 2 heteroatoms. The van der Waals surface area contributed by atoms with Crippen LogP contribution in [0.1, 0.15) is 32.1 Å². The van der Waals surface area contributed by atoms with Crippen molar-refractivity contribution in [2.75, 3.05) is 6.54 Å². The van der Waals surface area contributed by atoms with Crippen LogP contribution >= 0.6 is 0 Å². The summed E-state index contributed by atoms with van der Waals surface area (Å²) in [5, 5.41) is 10.00. The molecule has 0 unspecified atom stereocenters. The molecule has 0 aliphatic heterocycles. The lowest BCUT2D eigenvalue weighted by Gasteiger charge is -2.58. The number of rotatable bonds is 1. The van der Waals surface area contributed by atoms with Crippen molar-refractivity contribution in [1.29, 1.82) is 0 Å². The van der Waals surface area contributed by atoms with E-state index in [0.717, 1.165) is 12.5 Å². The summed E-state index contributed by atoms with van der Waals surface area (Å²) in [5.74, 6) is 2.08. The first kappa shape index (κ1) is 8.25. The van der Waals surface area contributed by atoms with Crippen molar-refractivity contribution in [2.24, 2.45) is 28.9 Å². The number of aliphatic hydroxyl groups excluding tert-OH is 1. The molecule has 4 fully saturated rings. The van der Waals surface area contributed by atoms with Crippen LogP contribution in [-0.4, -0.2) is 17.8 Å². The van der Waals surface area contributed by atoms with Crippen LogP contribution in [0.5, 0.6) is 0 Å². The van der Waals surface area contributed by atoms with E-state index in [-0.39, 0.29) is 6.10 Å². The van der Waals surface area contributed by atoms with E-state index >= 15 is 0 Å². The van der Waals surface area contributed by atoms with Gasteiger partial charge in [-0.2, -0.15) is 0 Å². The molecule has 0 amide bonds. The van der Waals surface area contributed by atoms with Crippen molar-refractivity contribution in [3.63, 3.8) is 0 Å². The molecule has 0 aromatic carbocycles. The Labute approximate surface area is 79.5 Å². The lowest BCUT2D eigenvalue weighted by molar-refractivity contribution is -0.130. The molecule has 0 spiro atoms. The minimum absolute atomic E-state index is 0.0104. The third-order valence-corrected chi connectivity index (χ3v) is 4.78. The molecule has 0 aromatic rings. The van der Waals surface area contributed by atoms with Crippen LogP contribution in [0.15, 0.2) is 0 Å². The maximum Gasteiger partial charge on any atom is 0.0597 e. The molecule has 13 heavy (non-hydrogen) atoms. The van der Waals surface area contributed by atoms with Crippen molar-refractivity contribution in [3.8, 4) is 0 Å². The fraction of sp³-hybridized carbons (Fsp3) is 1.00. The summed E-state index contributed by atoms with van der Waals surface area (Å²) in [6.07, 6.45) is 6.33. The van der Waals surface area contributed by atoms with Crippen LogP contribution in [0.3, 0.4) is 0 Å². The van der Waals surface area contributed by atoms with Gasteiger partial charge in [0.1, 0.15) is 0 Å². The largest absolute Gasteiger partial charge is 0.393 e. The number of hydrogen-bond donors (Lipinski definition) is 2. The quantitative estimate of drug-likeness (QED) is 0.637. The first-order chi connectivity index (χ1) is 6.22. The highest BCUT2D eigenvalue weighted by molar-refractivity contribution is 5.05. The van der Waals surface area contributed by atoms with E-state index in [1.807, 2.05) is 0 Å². The highest BCUT2D eigenvalue weighted by Crippen LogP contribution is 2.59. The standard InChI is InChI=1S/C11H19NO/c12-6-11-3-7-1-8(4-11)10(13)9(2-7)5-11/h7-10,13H,1-6,12H2/t7?,8-,9-,10?,11?/m1/s1. The van der Waals surface area contributed by atoms with Gasteiger partial charge in [-0.05, 0) is 61.8 Å². The minimum atomic E-state index is 0.0104.